The van der Waals surface area contributed by atoms with Gasteiger partial charge < -0.3 is 10.0 Å². The van der Waals surface area contributed by atoms with Gasteiger partial charge in [-0.05, 0) is 61.2 Å². The molecule has 0 aromatic heterocycles. The molecule has 1 N–H and O–H groups in total. The van der Waals surface area contributed by atoms with Gasteiger partial charge in [-0.3, -0.25) is 0 Å². The number of fused-ring (bicyclic) bond motifs is 3. The molecule has 2 aromatic rings. The highest BCUT2D eigenvalue weighted by Crippen LogP contribution is 2.53. The predicted octanol–water partition coefficient (Wildman–Crippen LogP) is 5.23. The second-order valence-electron chi connectivity index (χ2n) is 9.90. The highest BCUT2D eigenvalue weighted by molar-refractivity contribution is 6.89. The van der Waals surface area contributed by atoms with E-state index < -0.39 is 14.0 Å². The molecule has 1 heterocycles. The number of aryl methyl sites for hydroxylation is 1. The standard InChI is InChI=1S/C25H33NO2Si.ClH/c1-6-26-12-11-19-22(15-26)20-14-23(29(3,4)5)16(2)13-21(20)24(19)17-7-9-18(10-8-17)25(27)28;/h7-10,13-14,19,22,24H,6,11-12,15H2,1-5H3,(H,27,28);1H/t19-,22+,24+;/m1./s1. The van der Waals surface area contributed by atoms with Crippen LogP contribution in [0.15, 0.2) is 36.4 Å². The number of likely N-dealkylation sites (N-methyl/N-ethyl adjacent to an activating group) is 1. The SMILES string of the molecule is CCN1CC[C@H]2[C@H](c3ccc(C(=O)O)cc3)c3cc(C)c([Si](C)(C)C)cc3[C@H]2C1.Cl. The Morgan fingerprint density at radius 3 is 2.37 bits per heavy atom. The molecule has 1 aliphatic carbocycles. The molecule has 2 aromatic carbocycles. The first-order valence-electron chi connectivity index (χ1n) is 10.9. The van der Waals surface area contributed by atoms with Crippen molar-refractivity contribution in [1.29, 1.82) is 0 Å². The van der Waals surface area contributed by atoms with Crippen molar-refractivity contribution in [1.82, 2.24) is 4.90 Å². The molecular formula is C25H34ClNO2Si. The Hall–Kier alpha value is -1.62. The minimum Gasteiger partial charge on any atom is -0.478 e. The maximum Gasteiger partial charge on any atom is 0.335 e. The molecule has 5 heteroatoms. The zero-order valence-corrected chi connectivity index (χ0v) is 20.6. The minimum absolute atomic E-state index is 0. The number of nitrogens with zero attached hydrogens (tertiary/aromatic N) is 1. The summed E-state index contributed by atoms with van der Waals surface area (Å²) in [6, 6.07) is 12.7. The van der Waals surface area contributed by atoms with E-state index in [1.54, 1.807) is 22.9 Å². The molecular weight excluding hydrogens is 410 g/mol. The van der Waals surface area contributed by atoms with Crippen molar-refractivity contribution in [2.24, 2.45) is 5.92 Å². The van der Waals surface area contributed by atoms with Gasteiger partial charge in [-0.25, -0.2) is 4.79 Å². The molecule has 30 heavy (non-hydrogen) atoms. The summed E-state index contributed by atoms with van der Waals surface area (Å²) in [7, 11) is -1.40. The van der Waals surface area contributed by atoms with E-state index in [1.165, 1.54) is 23.1 Å². The first-order valence-corrected chi connectivity index (χ1v) is 14.4. The van der Waals surface area contributed by atoms with Crippen LogP contribution in [0, 0.1) is 12.8 Å². The van der Waals surface area contributed by atoms with Crippen molar-refractivity contribution in [2.75, 3.05) is 19.6 Å². The topological polar surface area (TPSA) is 40.5 Å². The van der Waals surface area contributed by atoms with Gasteiger partial charge in [0.1, 0.15) is 0 Å². The van der Waals surface area contributed by atoms with Crippen molar-refractivity contribution in [3.8, 4) is 0 Å². The number of carbonyl (C=O) groups is 1. The second-order valence-corrected chi connectivity index (χ2v) is 14.9. The van der Waals surface area contributed by atoms with Crippen LogP contribution in [0.3, 0.4) is 0 Å². The number of aromatic carboxylic acids is 1. The third-order valence-electron chi connectivity index (χ3n) is 7.12. The smallest absolute Gasteiger partial charge is 0.335 e. The van der Waals surface area contributed by atoms with E-state index in [0.717, 1.165) is 19.6 Å². The van der Waals surface area contributed by atoms with Crippen molar-refractivity contribution >= 4 is 31.6 Å². The second kappa shape index (κ2) is 8.49. The van der Waals surface area contributed by atoms with Gasteiger partial charge in [0.25, 0.3) is 0 Å². The van der Waals surface area contributed by atoms with Crippen LogP contribution in [-0.4, -0.2) is 43.7 Å². The fourth-order valence-corrected chi connectivity index (χ4v) is 7.53. The van der Waals surface area contributed by atoms with Gasteiger partial charge >= 0.3 is 5.97 Å². The Morgan fingerprint density at radius 2 is 1.80 bits per heavy atom. The van der Waals surface area contributed by atoms with Crippen LogP contribution in [0.2, 0.25) is 19.6 Å². The molecule has 1 fully saturated rings. The largest absolute Gasteiger partial charge is 0.478 e. The highest BCUT2D eigenvalue weighted by atomic mass is 35.5. The zero-order valence-electron chi connectivity index (χ0n) is 18.7. The Kier molecular flexibility index (Phi) is 6.52. The van der Waals surface area contributed by atoms with E-state index in [2.05, 4.69) is 50.5 Å². The lowest BCUT2D eigenvalue weighted by Crippen LogP contribution is -2.41. The van der Waals surface area contributed by atoms with Gasteiger partial charge in [0.05, 0.1) is 13.6 Å². The Labute approximate surface area is 187 Å². The summed E-state index contributed by atoms with van der Waals surface area (Å²) >= 11 is 0. The molecule has 3 atom stereocenters. The minimum atomic E-state index is -1.40. The van der Waals surface area contributed by atoms with Crippen molar-refractivity contribution in [2.45, 2.75) is 51.7 Å². The summed E-state index contributed by atoms with van der Waals surface area (Å²) < 4.78 is 0. The molecule has 0 spiro atoms. The maximum atomic E-state index is 11.3. The van der Waals surface area contributed by atoms with Crippen LogP contribution in [-0.2, 0) is 0 Å². The molecule has 2 aliphatic rings. The number of halogens is 1. The number of likely N-dealkylation sites (tertiary alicyclic amines) is 1. The monoisotopic (exact) mass is 443 g/mol. The third-order valence-corrected chi connectivity index (χ3v) is 9.27. The van der Waals surface area contributed by atoms with E-state index in [0.29, 0.717) is 23.3 Å². The predicted molar refractivity (Wildman–Crippen MR) is 130 cm³/mol. The number of carboxylic acids is 1. The molecule has 0 bridgehead atoms. The molecule has 1 aliphatic heterocycles. The quantitative estimate of drug-likeness (QED) is 0.657. The molecule has 1 saturated heterocycles. The number of hydrogen-bond acceptors (Lipinski definition) is 2. The number of rotatable bonds is 4. The summed E-state index contributed by atoms with van der Waals surface area (Å²) in [5.41, 5.74) is 6.12. The summed E-state index contributed by atoms with van der Waals surface area (Å²) in [5, 5.41) is 10.9. The summed E-state index contributed by atoms with van der Waals surface area (Å²) in [5.74, 6) is 0.720. The first kappa shape index (κ1) is 23.0. The van der Waals surface area contributed by atoms with E-state index in [9.17, 15) is 9.90 Å². The zero-order chi connectivity index (χ0) is 20.9. The first-order chi connectivity index (χ1) is 13.7. The average molecular weight is 444 g/mol. The van der Waals surface area contributed by atoms with Crippen molar-refractivity contribution in [3.63, 3.8) is 0 Å². The average Bonchev–Trinajstić information content (AvgIpc) is 2.98. The van der Waals surface area contributed by atoms with Gasteiger partial charge in [-0.2, -0.15) is 0 Å². The molecule has 162 valence electrons. The summed E-state index contributed by atoms with van der Waals surface area (Å²) in [6.07, 6.45) is 1.21. The lowest BCUT2D eigenvalue weighted by molar-refractivity contribution is 0.0697. The molecule has 0 saturated carbocycles. The van der Waals surface area contributed by atoms with Crippen molar-refractivity contribution in [3.05, 3.63) is 64.2 Å². The lowest BCUT2D eigenvalue weighted by Gasteiger charge is -2.37. The number of piperidine rings is 1. The molecule has 0 unspecified atom stereocenters. The number of hydrogen-bond donors (Lipinski definition) is 1. The normalized spacial score (nSPS) is 23.4. The number of benzene rings is 2. The van der Waals surface area contributed by atoms with Gasteiger partial charge in [0.15, 0.2) is 0 Å². The van der Waals surface area contributed by atoms with Gasteiger partial charge in [-0.15, -0.1) is 12.4 Å². The highest BCUT2D eigenvalue weighted by Gasteiger charge is 2.44. The lowest BCUT2D eigenvalue weighted by atomic mass is 9.78. The van der Waals surface area contributed by atoms with E-state index in [-0.39, 0.29) is 12.4 Å². The summed E-state index contributed by atoms with van der Waals surface area (Å²) in [4.78, 5) is 13.9. The van der Waals surface area contributed by atoms with Crippen molar-refractivity contribution < 1.29 is 9.90 Å². The fourth-order valence-electron chi connectivity index (χ4n) is 5.69. The van der Waals surface area contributed by atoms with Gasteiger partial charge in [0, 0.05) is 18.4 Å². The Bertz CT molecular complexity index is 935. The fraction of sp³-hybridized carbons (Fsp3) is 0.480. The third kappa shape index (κ3) is 3.97. The van der Waals surface area contributed by atoms with Crippen LogP contribution in [0.4, 0.5) is 0 Å². The van der Waals surface area contributed by atoms with Crippen LogP contribution >= 0.6 is 12.4 Å². The molecule has 3 nitrogen and oxygen atoms in total. The van der Waals surface area contributed by atoms with Crippen LogP contribution < -0.4 is 5.19 Å². The number of carboxylic acid groups (broad SMARTS) is 1. The Morgan fingerprint density at radius 1 is 1.13 bits per heavy atom. The van der Waals surface area contributed by atoms with Gasteiger partial charge in [0.2, 0.25) is 0 Å². The van der Waals surface area contributed by atoms with Crippen LogP contribution in [0.25, 0.3) is 0 Å². The maximum absolute atomic E-state index is 11.3. The van der Waals surface area contributed by atoms with E-state index in [4.69, 9.17) is 0 Å². The van der Waals surface area contributed by atoms with Gasteiger partial charge in [-0.1, -0.05) is 61.6 Å². The van der Waals surface area contributed by atoms with Crippen LogP contribution in [0.1, 0.15) is 57.8 Å². The Balaban J connectivity index is 0.00000256. The van der Waals surface area contributed by atoms with E-state index in [1.807, 2.05) is 12.1 Å². The molecule has 4 rings (SSSR count). The molecule has 0 amide bonds. The summed E-state index contributed by atoms with van der Waals surface area (Å²) in [6.45, 7) is 15.3. The van der Waals surface area contributed by atoms with E-state index >= 15 is 0 Å². The molecule has 0 radical (unpaired) electrons. The van der Waals surface area contributed by atoms with Crippen LogP contribution in [0.5, 0.6) is 0 Å².